The van der Waals surface area contributed by atoms with Crippen molar-refractivity contribution in [2.45, 2.75) is 6.92 Å². The molecule has 0 aliphatic carbocycles. The molecule has 2 aromatic rings. The molecule has 0 saturated carbocycles. The van der Waals surface area contributed by atoms with Gasteiger partial charge in [-0.05, 0) is 49.9 Å². The molecule has 1 aliphatic heterocycles. The van der Waals surface area contributed by atoms with Crippen molar-refractivity contribution in [2.75, 3.05) is 50.0 Å². The highest BCUT2D eigenvalue weighted by molar-refractivity contribution is 6.00. The monoisotopic (exact) mass is 366 g/mol. The van der Waals surface area contributed by atoms with Gasteiger partial charge in [-0.15, -0.1) is 0 Å². The maximum Gasteiger partial charge on any atom is 0.251 e. The number of rotatable bonds is 5. The van der Waals surface area contributed by atoms with Crippen molar-refractivity contribution < 1.29 is 9.59 Å². The Kier molecular flexibility index (Phi) is 6.08. The minimum Gasteiger partial charge on any atom is -0.369 e. The third kappa shape index (κ3) is 5.08. The van der Waals surface area contributed by atoms with Gasteiger partial charge in [0.1, 0.15) is 0 Å². The first-order valence-corrected chi connectivity index (χ1v) is 9.20. The molecule has 0 unspecified atom stereocenters. The Bertz CT molecular complexity index is 796. The number of hydrogen-bond acceptors (Lipinski definition) is 4. The average molecular weight is 366 g/mol. The molecule has 0 radical (unpaired) electrons. The summed E-state index contributed by atoms with van der Waals surface area (Å²) in [7, 11) is 2.13. The van der Waals surface area contributed by atoms with Crippen LogP contribution in [-0.2, 0) is 4.79 Å². The number of carbonyl (C=O) groups is 2. The fourth-order valence-corrected chi connectivity index (χ4v) is 3.11. The Labute approximate surface area is 160 Å². The van der Waals surface area contributed by atoms with Gasteiger partial charge in [-0.25, -0.2) is 0 Å². The topological polar surface area (TPSA) is 64.7 Å². The number of hydrogen-bond donors (Lipinski definition) is 2. The van der Waals surface area contributed by atoms with Crippen LogP contribution in [0.3, 0.4) is 0 Å². The van der Waals surface area contributed by atoms with Gasteiger partial charge in [0.15, 0.2) is 0 Å². The summed E-state index contributed by atoms with van der Waals surface area (Å²) < 4.78 is 0. The first-order valence-electron chi connectivity index (χ1n) is 9.20. The lowest BCUT2D eigenvalue weighted by atomic mass is 10.1. The van der Waals surface area contributed by atoms with Crippen LogP contribution in [0.1, 0.15) is 15.9 Å². The van der Waals surface area contributed by atoms with E-state index in [1.165, 1.54) is 0 Å². The summed E-state index contributed by atoms with van der Waals surface area (Å²) in [4.78, 5) is 28.9. The zero-order chi connectivity index (χ0) is 19.2. The summed E-state index contributed by atoms with van der Waals surface area (Å²) >= 11 is 0. The molecule has 27 heavy (non-hydrogen) atoms. The van der Waals surface area contributed by atoms with Gasteiger partial charge in [0, 0.05) is 43.1 Å². The van der Waals surface area contributed by atoms with E-state index in [1.807, 2.05) is 49.4 Å². The molecule has 2 aromatic carbocycles. The Morgan fingerprint density at radius 1 is 0.963 bits per heavy atom. The molecule has 1 fully saturated rings. The van der Waals surface area contributed by atoms with E-state index >= 15 is 0 Å². The van der Waals surface area contributed by atoms with Crippen molar-refractivity contribution in [1.29, 1.82) is 0 Å². The van der Waals surface area contributed by atoms with Crippen molar-refractivity contribution in [2.24, 2.45) is 0 Å². The fourth-order valence-electron chi connectivity index (χ4n) is 3.11. The zero-order valence-electron chi connectivity index (χ0n) is 15.9. The number of likely N-dealkylation sites (N-methyl/N-ethyl adjacent to an activating group) is 1. The van der Waals surface area contributed by atoms with Gasteiger partial charge >= 0.3 is 0 Å². The van der Waals surface area contributed by atoms with Crippen LogP contribution in [0.15, 0.2) is 48.5 Å². The van der Waals surface area contributed by atoms with Gasteiger partial charge in [0.05, 0.1) is 6.54 Å². The van der Waals surface area contributed by atoms with Crippen molar-refractivity contribution in [1.82, 2.24) is 10.2 Å². The van der Waals surface area contributed by atoms with E-state index in [0.29, 0.717) is 5.56 Å². The van der Waals surface area contributed by atoms with Crippen LogP contribution >= 0.6 is 0 Å². The Morgan fingerprint density at radius 3 is 2.30 bits per heavy atom. The number of carbonyl (C=O) groups excluding carboxylic acids is 2. The number of nitrogens with one attached hydrogen (secondary N) is 2. The first kappa shape index (κ1) is 18.9. The maximum atomic E-state index is 12.2. The van der Waals surface area contributed by atoms with Crippen LogP contribution in [-0.4, -0.2) is 56.5 Å². The maximum absolute atomic E-state index is 12.2. The molecule has 0 spiro atoms. The lowest BCUT2D eigenvalue weighted by molar-refractivity contribution is -0.115. The molecule has 1 saturated heterocycles. The minimum absolute atomic E-state index is 0.0621. The van der Waals surface area contributed by atoms with E-state index in [-0.39, 0.29) is 18.4 Å². The predicted octanol–water partition coefficient (Wildman–Crippen LogP) is 2.12. The molecule has 142 valence electrons. The van der Waals surface area contributed by atoms with Gasteiger partial charge in [-0.1, -0.05) is 18.2 Å². The van der Waals surface area contributed by atoms with E-state index in [2.05, 4.69) is 27.5 Å². The van der Waals surface area contributed by atoms with E-state index in [9.17, 15) is 9.59 Å². The molecule has 6 nitrogen and oxygen atoms in total. The first-order chi connectivity index (χ1) is 13.0. The second-order valence-electron chi connectivity index (χ2n) is 6.88. The Hall–Kier alpha value is -2.86. The molecular weight excluding hydrogens is 340 g/mol. The zero-order valence-corrected chi connectivity index (χ0v) is 15.9. The molecule has 1 aliphatic rings. The third-order valence-corrected chi connectivity index (χ3v) is 4.82. The summed E-state index contributed by atoms with van der Waals surface area (Å²) in [6.45, 7) is 5.93. The minimum atomic E-state index is -0.246. The summed E-state index contributed by atoms with van der Waals surface area (Å²) in [5, 5.41) is 5.48. The lowest BCUT2D eigenvalue weighted by Crippen LogP contribution is -2.44. The van der Waals surface area contributed by atoms with Crippen LogP contribution in [0.2, 0.25) is 0 Å². The third-order valence-electron chi connectivity index (χ3n) is 4.82. The number of aryl methyl sites for hydroxylation is 1. The molecule has 2 amide bonds. The normalized spacial score (nSPS) is 14.7. The highest BCUT2D eigenvalue weighted by Crippen LogP contribution is 2.19. The van der Waals surface area contributed by atoms with Gasteiger partial charge < -0.3 is 20.4 Å². The summed E-state index contributed by atoms with van der Waals surface area (Å²) in [6, 6.07) is 15.1. The Balaban J connectivity index is 1.49. The molecule has 0 atom stereocenters. The lowest BCUT2D eigenvalue weighted by Gasteiger charge is -2.34. The van der Waals surface area contributed by atoms with Crippen LogP contribution in [0.4, 0.5) is 11.4 Å². The number of benzene rings is 2. The Morgan fingerprint density at radius 2 is 1.63 bits per heavy atom. The molecule has 2 N–H and O–H groups in total. The van der Waals surface area contributed by atoms with Crippen molar-refractivity contribution >= 4 is 23.2 Å². The van der Waals surface area contributed by atoms with Crippen LogP contribution in [0.5, 0.6) is 0 Å². The number of nitrogens with zero attached hydrogens (tertiary/aromatic N) is 2. The highest BCUT2D eigenvalue weighted by Gasteiger charge is 2.14. The van der Waals surface area contributed by atoms with Gasteiger partial charge in [0.25, 0.3) is 5.91 Å². The SMILES string of the molecule is Cc1ccccc1C(=O)NCC(=O)Nc1ccc(N2CCN(C)CC2)cc1. The largest absolute Gasteiger partial charge is 0.369 e. The second kappa shape index (κ2) is 8.68. The van der Waals surface area contributed by atoms with Crippen LogP contribution < -0.4 is 15.5 Å². The van der Waals surface area contributed by atoms with Crippen LogP contribution in [0.25, 0.3) is 0 Å². The summed E-state index contributed by atoms with van der Waals surface area (Å²) in [5.41, 5.74) is 3.36. The molecule has 6 heteroatoms. The summed E-state index contributed by atoms with van der Waals surface area (Å²) in [5.74, 6) is -0.488. The summed E-state index contributed by atoms with van der Waals surface area (Å²) in [6.07, 6.45) is 0. The predicted molar refractivity (Wildman–Crippen MR) is 108 cm³/mol. The van der Waals surface area contributed by atoms with E-state index < -0.39 is 0 Å². The molecule has 1 heterocycles. The van der Waals surface area contributed by atoms with Crippen molar-refractivity contribution in [3.05, 3.63) is 59.7 Å². The fraction of sp³-hybridized carbons (Fsp3) is 0.333. The molecular formula is C21H26N4O2. The standard InChI is InChI=1S/C21H26N4O2/c1-16-5-3-4-6-19(16)21(27)22-15-20(26)23-17-7-9-18(10-8-17)25-13-11-24(2)12-14-25/h3-10H,11-15H2,1-2H3,(H,22,27)(H,23,26). The van der Waals surface area contributed by atoms with Gasteiger partial charge in [-0.2, -0.15) is 0 Å². The smallest absolute Gasteiger partial charge is 0.251 e. The van der Waals surface area contributed by atoms with E-state index in [0.717, 1.165) is 43.1 Å². The van der Waals surface area contributed by atoms with Gasteiger partial charge in [-0.3, -0.25) is 9.59 Å². The van der Waals surface area contributed by atoms with E-state index in [1.54, 1.807) is 6.07 Å². The number of amides is 2. The second-order valence-corrected chi connectivity index (χ2v) is 6.88. The van der Waals surface area contributed by atoms with E-state index in [4.69, 9.17) is 0 Å². The molecule has 0 aromatic heterocycles. The molecule has 3 rings (SSSR count). The number of anilines is 2. The number of piperazine rings is 1. The quantitative estimate of drug-likeness (QED) is 0.851. The van der Waals surface area contributed by atoms with Crippen molar-refractivity contribution in [3.8, 4) is 0 Å². The molecule has 0 bridgehead atoms. The van der Waals surface area contributed by atoms with Crippen LogP contribution in [0, 0.1) is 6.92 Å². The highest BCUT2D eigenvalue weighted by atomic mass is 16.2. The van der Waals surface area contributed by atoms with Gasteiger partial charge in [0.2, 0.25) is 5.91 Å². The van der Waals surface area contributed by atoms with Crippen molar-refractivity contribution in [3.63, 3.8) is 0 Å². The average Bonchev–Trinajstić information content (AvgIpc) is 2.68.